The molecule has 3 aliphatic rings. The van der Waals surface area contributed by atoms with Crippen LogP contribution in [0.3, 0.4) is 0 Å². The van der Waals surface area contributed by atoms with Gasteiger partial charge in [0.25, 0.3) is 0 Å². The highest BCUT2D eigenvalue weighted by atomic mass is 79.9. The monoisotopic (exact) mass is 601 g/mol. The summed E-state index contributed by atoms with van der Waals surface area (Å²) < 4.78 is 6.64. The Morgan fingerprint density at radius 3 is 2.51 bits per heavy atom. The van der Waals surface area contributed by atoms with E-state index in [-0.39, 0.29) is 35.7 Å². The number of anilines is 1. The Kier molecular flexibility index (Phi) is 9.34. The number of alkyl halides is 1. The summed E-state index contributed by atoms with van der Waals surface area (Å²) in [4.78, 5) is 47.4. The number of para-hydroxylation sites is 1. The minimum Gasteiger partial charge on any atom is -0.394 e. The van der Waals surface area contributed by atoms with E-state index in [1.807, 2.05) is 30.3 Å². The quantitative estimate of drug-likeness (QED) is 0.212. The highest BCUT2D eigenvalue weighted by Gasteiger charge is 2.77. The third-order valence-electron chi connectivity index (χ3n) is 8.32. The Labute approximate surface area is 239 Å². The number of ether oxygens (including phenoxy) is 1. The van der Waals surface area contributed by atoms with E-state index in [9.17, 15) is 19.5 Å². The molecule has 8 nitrogen and oxygen atoms in total. The average Bonchev–Trinajstić information content (AvgIpc) is 3.54. The summed E-state index contributed by atoms with van der Waals surface area (Å²) in [6.45, 7) is 12.4. The van der Waals surface area contributed by atoms with E-state index in [1.54, 1.807) is 28.9 Å². The van der Waals surface area contributed by atoms with Crippen molar-refractivity contribution < 1.29 is 24.2 Å². The number of carbonyl (C=O) groups is 3. The second kappa shape index (κ2) is 12.4. The van der Waals surface area contributed by atoms with Crippen molar-refractivity contribution in [1.29, 1.82) is 0 Å². The number of aliphatic hydroxyl groups excluding tert-OH is 1. The summed E-state index contributed by atoms with van der Waals surface area (Å²) in [5.74, 6) is -2.37. The van der Waals surface area contributed by atoms with E-state index in [0.29, 0.717) is 25.2 Å². The van der Waals surface area contributed by atoms with Gasteiger partial charge in [-0.05, 0) is 31.9 Å². The van der Waals surface area contributed by atoms with Crippen LogP contribution in [0.2, 0.25) is 0 Å². The van der Waals surface area contributed by atoms with Crippen LogP contribution in [-0.4, -0.2) is 87.5 Å². The Balaban J connectivity index is 1.76. The molecule has 0 aliphatic carbocycles. The molecule has 2 bridgehead atoms. The number of halogens is 1. The summed E-state index contributed by atoms with van der Waals surface area (Å²) >= 11 is 3.73. The number of fused-ring (bicyclic) bond motifs is 1. The molecule has 3 unspecified atom stereocenters. The molecule has 0 saturated carbocycles. The third-order valence-corrected chi connectivity index (χ3v) is 9.17. The van der Waals surface area contributed by atoms with Crippen molar-refractivity contribution in [2.75, 3.05) is 31.1 Å². The number of nitrogens with zero attached hydrogens (tertiary/aromatic N) is 3. The average molecular weight is 603 g/mol. The van der Waals surface area contributed by atoms with Gasteiger partial charge < -0.3 is 24.5 Å². The first-order valence-electron chi connectivity index (χ1n) is 13.9. The molecule has 9 heteroatoms. The molecule has 7 atom stereocenters. The summed E-state index contributed by atoms with van der Waals surface area (Å²) in [7, 11) is 0. The zero-order valence-corrected chi connectivity index (χ0v) is 24.5. The molecule has 0 aromatic heterocycles. The van der Waals surface area contributed by atoms with Crippen molar-refractivity contribution in [2.45, 2.75) is 68.1 Å². The molecule has 212 valence electrons. The van der Waals surface area contributed by atoms with Gasteiger partial charge in [0.1, 0.15) is 11.6 Å². The molecule has 1 aromatic rings. The van der Waals surface area contributed by atoms with E-state index in [4.69, 9.17) is 4.74 Å². The van der Waals surface area contributed by atoms with Crippen LogP contribution in [0.15, 0.2) is 55.6 Å². The van der Waals surface area contributed by atoms with Gasteiger partial charge in [0.05, 0.1) is 30.6 Å². The van der Waals surface area contributed by atoms with Gasteiger partial charge in [-0.1, -0.05) is 66.0 Å². The second-order valence-corrected chi connectivity index (χ2v) is 12.0. The first kappa shape index (κ1) is 29.5. The fourth-order valence-electron chi connectivity index (χ4n) is 6.60. The predicted octanol–water partition coefficient (Wildman–Crippen LogP) is 3.54. The van der Waals surface area contributed by atoms with Gasteiger partial charge >= 0.3 is 0 Å². The lowest BCUT2D eigenvalue weighted by Gasteiger charge is -2.38. The van der Waals surface area contributed by atoms with Crippen molar-refractivity contribution in [3.8, 4) is 0 Å². The molecule has 3 aliphatic heterocycles. The van der Waals surface area contributed by atoms with Crippen LogP contribution in [0.25, 0.3) is 0 Å². The fraction of sp³-hybridized carbons (Fsp3) is 0.567. The molecule has 1 N–H and O–H groups in total. The van der Waals surface area contributed by atoms with Gasteiger partial charge in [-0.2, -0.15) is 0 Å². The van der Waals surface area contributed by atoms with Gasteiger partial charge in [0.2, 0.25) is 17.7 Å². The van der Waals surface area contributed by atoms with Crippen LogP contribution in [-0.2, 0) is 19.1 Å². The summed E-state index contributed by atoms with van der Waals surface area (Å²) in [6, 6.07) is 7.75. The lowest BCUT2D eigenvalue weighted by atomic mass is 9.70. The van der Waals surface area contributed by atoms with Crippen LogP contribution in [0, 0.1) is 11.8 Å². The number of unbranched alkanes of at least 4 members (excludes halogenated alkanes) is 2. The van der Waals surface area contributed by atoms with Gasteiger partial charge in [0, 0.05) is 30.1 Å². The van der Waals surface area contributed by atoms with Gasteiger partial charge in [0.15, 0.2) is 0 Å². The number of amides is 3. The molecule has 0 radical (unpaired) electrons. The first-order valence-corrected chi connectivity index (χ1v) is 14.8. The Morgan fingerprint density at radius 2 is 1.90 bits per heavy atom. The molecule has 39 heavy (non-hydrogen) atoms. The summed E-state index contributed by atoms with van der Waals surface area (Å²) in [6.07, 6.45) is 6.04. The van der Waals surface area contributed by atoms with Crippen molar-refractivity contribution in [1.82, 2.24) is 9.80 Å². The Bertz CT molecular complexity index is 1080. The Morgan fingerprint density at radius 1 is 1.21 bits per heavy atom. The van der Waals surface area contributed by atoms with Gasteiger partial charge in [-0.3, -0.25) is 14.4 Å². The molecular weight excluding hydrogens is 562 g/mol. The minimum absolute atomic E-state index is 0.204. The number of hydrogen-bond donors (Lipinski definition) is 1. The number of hydrogen-bond acceptors (Lipinski definition) is 5. The van der Waals surface area contributed by atoms with Crippen molar-refractivity contribution in [3.05, 3.63) is 55.6 Å². The van der Waals surface area contributed by atoms with Crippen LogP contribution in [0.5, 0.6) is 0 Å². The van der Waals surface area contributed by atoms with E-state index < -0.39 is 35.6 Å². The molecule has 1 aromatic carbocycles. The van der Waals surface area contributed by atoms with E-state index in [2.05, 4.69) is 36.0 Å². The number of aliphatic hydroxyl groups is 1. The summed E-state index contributed by atoms with van der Waals surface area (Å²) in [5, 5.41) is 10.1. The van der Waals surface area contributed by atoms with Crippen molar-refractivity contribution >= 4 is 39.3 Å². The van der Waals surface area contributed by atoms with E-state index in [1.165, 1.54) is 4.90 Å². The molecule has 4 rings (SSSR count). The van der Waals surface area contributed by atoms with Gasteiger partial charge in [-0.25, -0.2) is 0 Å². The largest absolute Gasteiger partial charge is 0.394 e. The maximum atomic E-state index is 14.3. The van der Waals surface area contributed by atoms with Crippen molar-refractivity contribution in [2.24, 2.45) is 11.8 Å². The molecule has 1 spiro atoms. The van der Waals surface area contributed by atoms with Crippen LogP contribution in [0.4, 0.5) is 5.69 Å². The lowest BCUT2D eigenvalue weighted by molar-refractivity contribution is -0.150. The fourth-order valence-corrected chi connectivity index (χ4v) is 7.55. The maximum Gasteiger partial charge on any atom is 0.248 e. The molecule has 3 heterocycles. The zero-order chi connectivity index (χ0) is 28.3. The zero-order valence-electron chi connectivity index (χ0n) is 22.9. The van der Waals surface area contributed by atoms with Gasteiger partial charge in [-0.15, -0.1) is 13.2 Å². The molecule has 3 fully saturated rings. The third kappa shape index (κ3) is 5.09. The SMILES string of the molecule is C=CCN(CCCCC)C(=O)C1N([C@H](C)CO)C(=O)[C@@H]2[C@H](C(=O)N(CC=C)c3ccccc3)[C@H]3OC12CC3Br. The van der Waals surface area contributed by atoms with Crippen LogP contribution >= 0.6 is 15.9 Å². The normalized spacial score (nSPS) is 29.7. The molecule has 3 saturated heterocycles. The number of likely N-dealkylation sites (tertiary alicyclic amines) is 1. The first-order chi connectivity index (χ1) is 18.8. The molecular formula is C30H40BrN3O5. The maximum absolute atomic E-state index is 14.3. The number of rotatable bonds is 13. The minimum atomic E-state index is -1.17. The summed E-state index contributed by atoms with van der Waals surface area (Å²) in [5.41, 5.74) is -0.464. The highest BCUT2D eigenvalue weighted by Crippen LogP contribution is 2.60. The lowest BCUT2D eigenvalue weighted by Crippen LogP contribution is -2.58. The number of benzene rings is 1. The van der Waals surface area contributed by atoms with Crippen LogP contribution in [0.1, 0.15) is 39.5 Å². The topological polar surface area (TPSA) is 90.4 Å². The van der Waals surface area contributed by atoms with Crippen molar-refractivity contribution in [3.63, 3.8) is 0 Å². The Hall–Kier alpha value is -2.49. The standard InChI is InChI=1S/C30H40BrN3O5/c1-5-8-12-17-32(15-6-2)29(38)26-30-18-22(31)25(39-30)23(24(30)28(37)34(26)20(4)19-35)27(36)33(16-7-3)21-13-10-9-11-14-21/h6-7,9-11,13-14,20,22-26,35H,2-3,5,8,12,15-19H2,1,4H3/t20-,22?,23+,24+,25+,26?,30?/m1/s1. The second-order valence-electron chi connectivity index (χ2n) is 10.8. The predicted molar refractivity (Wildman–Crippen MR) is 154 cm³/mol. The number of carbonyl (C=O) groups excluding carboxylic acids is 3. The highest BCUT2D eigenvalue weighted by molar-refractivity contribution is 9.09. The smallest absolute Gasteiger partial charge is 0.248 e. The van der Waals surface area contributed by atoms with E-state index in [0.717, 1.165) is 19.3 Å². The van der Waals surface area contributed by atoms with Crippen LogP contribution < -0.4 is 4.90 Å². The van der Waals surface area contributed by atoms with E-state index >= 15 is 0 Å². The molecule has 3 amide bonds.